The van der Waals surface area contributed by atoms with Crippen molar-refractivity contribution >= 4 is 5.78 Å². The first-order chi connectivity index (χ1) is 12.4. The van der Waals surface area contributed by atoms with Gasteiger partial charge >= 0.3 is 0 Å². The standard InChI is InChI=1S/C24H35NO/c1-5-23(26)18-9-7-17(8-10-18)16(3)19-11-12-20-13-21(25)15-24(4,6-2)22(20)14-19/h7-10,16,19,21H,5-6,11-15,25H2,1-4H3. The maximum atomic E-state index is 11.9. The van der Waals surface area contributed by atoms with E-state index >= 15 is 0 Å². The van der Waals surface area contributed by atoms with Crippen molar-refractivity contribution in [3.05, 3.63) is 46.5 Å². The van der Waals surface area contributed by atoms with Gasteiger partial charge in [0.2, 0.25) is 0 Å². The monoisotopic (exact) mass is 353 g/mol. The summed E-state index contributed by atoms with van der Waals surface area (Å²) < 4.78 is 0. The highest BCUT2D eigenvalue weighted by Crippen LogP contribution is 2.51. The molecule has 0 heterocycles. The fourth-order valence-corrected chi connectivity index (χ4v) is 5.24. The molecule has 0 aliphatic heterocycles. The van der Waals surface area contributed by atoms with Crippen molar-refractivity contribution in [2.45, 2.75) is 84.6 Å². The van der Waals surface area contributed by atoms with Crippen LogP contribution in [0.15, 0.2) is 35.4 Å². The summed E-state index contributed by atoms with van der Waals surface area (Å²) in [4.78, 5) is 11.9. The minimum absolute atomic E-state index is 0.230. The Bertz CT molecular complexity index is 687. The molecule has 4 atom stereocenters. The Morgan fingerprint density at radius 3 is 2.54 bits per heavy atom. The quantitative estimate of drug-likeness (QED) is 0.520. The topological polar surface area (TPSA) is 43.1 Å². The van der Waals surface area contributed by atoms with Crippen LogP contribution in [0.1, 0.15) is 94.5 Å². The molecule has 0 saturated carbocycles. The second-order valence-corrected chi connectivity index (χ2v) is 8.85. The summed E-state index contributed by atoms with van der Waals surface area (Å²) in [5, 5.41) is 0. The zero-order valence-electron chi connectivity index (χ0n) is 17.0. The predicted octanol–water partition coefficient (Wildman–Crippen LogP) is 6.02. The molecule has 1 aromatic rings. The maximum Gasteiger partial charge on any atom is 0.162 e. The van der Waals surface area contributed by atoms with Gasteiger partial charge in [0.25, 0.3) is 0 Å². The summed E-state index contributed by atoms with van der Waals surface area (Å²) in [5.41, 5.74) is 12.3. The summed E-state index contributed by atoms with van der Waals surface area (Å²) in [6.45, 7) is 9.04. The number of carbonyl (C=O) groups excluding carboxylic acids is 1. The van der Waals surface area contributed by atoms with E-state index in [2.05, 4.69) is 32.9 Å². The van der Waals surface area contributed by atoms with Crippen molar-refractivity contribution in [1.82, 2.24) is 0 Å². The molecule has 0 spiro atoms. The Morgan fingerprint density at radius 2 is 1.92 bits per heavy atom. The van der Waals surface area contributed by atoms with Crippen LogP contribution in [0.3, 0.4) is 0 Å². The van der Waals surface area contributed by atoms with Crippen LogP contribution in [-0.2, 0) is 0 Å². The Kier molecular flexibility index (Phi) is 5.72. The Morgan fingerprint density at radius 1 is 1.23 bits per heavy atom. The van der Waals surface area contributed by atoms with Crippen LogP contribution in [0.2, 0.25) is 0 Å². The Hall–Kier alpha value is -1.41. The minimum Gasteiger partial charge on any atom is -0.327 e. The van der Waals surface area contributed by atoms with Gasteiger partial charge in [-0.1, -0.05) is 63.1 Å². The number of hydrogen-bond acceptors (Lipinski definition) is 2. The SMILES string of the molecule is CCC(=O)c1ccc(C(C)C2CCC3=C(C2)C(C)(CC)CC(N)C3)cc1. The molecule has 0 radical (unpaired) electrons. The second kappa shape index (κ2) is 7.68. The van der Waals surface area contributed by atoms with E-state index in [-0.39, 0.29) is 5.78 Å². The molecule has 0 saturated heterocycles. The highest BCUT2D eigenvalue weighted by molar-refractivity contribution is 5.95. The zero-order valence-corrected chi connectivity index (χ0v) is 17.0. The van der Waals surface area contributed by atoms with E-state index in [1.165, 1.54) is 31.2 Å². The third-order valence-corrected chi connectivity index (χ3v) is 7.23. The zero-order chi connectivity index (χ0) is 18.9. The largest absolute Gasteiger partial charge is 0.327 e. The second-order valence-electron chi connectivity index (χ2n) is 8.85. The normalized spacial score (nSPS) is 30.0. The molecule has 0 bridgehead atoms. The first kappa shape index (κ1) is 19.4. The van der Waals surface area contributed by atoms with E-state index < -0.39 is 0 Å². The van der Waals surface area contributed by atoms with Crippen LogP contribution < -0.4 is 5.73 Å². The van der Waals surface area contributed by atoms with Gasteiger partial charge in [0.15, 0.2) is 5.78 Å². The number of rotatable bonds is 5. The summed E-state index contributed by atoms with van der Waals surface area (Å²) >= 11 is 0. The number of benzene rings is 1. The van der Waals surface area contributed by atoms with Crippen LogP contribution in [0.25, 0.3) is 0 Å². The lowest BCUT2D eigenvalue weighted by atomic mass is 9.61. The molecule has 26 heavy (non-hydrogen) atoms. The summed E-state index contributed by atoms with van der Waals surface area (Å²) in [7, 11) is 0. The van der Waals surface area contributed by atoms with Crippen LogP contribution in [0.4, 0.5) is 0 Å². The van der Waals surface area contributed by atoms with Crippen LogP contribution in [0.5, 0.6) is 0 Å². The highest BCUT2D eigenvalue weighted by atomic mass is 16.1. The molecule has 4 unspecified atom stereocenters. The van der Waals surface area contributed by atoms with Gasteiger partial charge < -0.3 is 5.73 Å². The van der Waals surface area contributed by atoms with Gasteiger partial charge in [-0.05, 0) is 61.3 Å². The molecule has 0 amide bonds. The average Bonchev–Trinajstić information content (AvgIpc) is 2.66. The lowest BCUT2D eigenvalue weighted by molar-refractivity contribution is 0.0988. The first-order valence-electron chi connectivity index (χ1n) is 10.5. The molecule has 2 aliphatic carbocycles. The molecular formula is C24H35NO. The number of hydrogen-bond donors (Lipinski definition) is 1. The lowest BCUT2D eigenvalue weighted by Crippen LogP contribution is -2.38. The Balaban J connectivity index is 1.78. The molecule has 0 fully saturated rings. The van der Waals surface area contributed by atoms with Gasteiger partial charge in [-0.15, -0.1) is 0 Å². The molecular weight excluding hydrogens is 318 g/mol. The average molecular weight is 354 g/mol. The summed E-state index contributed by atoms with van der Waals surface area (Å²) in [5.74, 6) is 1.46. The number of ketones is 1. The Labute approximate surface area is 159 Å². The van der Waals surface area contributed by atoms with E-state index in [4.69, 9.17) is 5.73 Å². The number of carbonyl (C=O) groups is 1. The van der Waals surface area contributed by atoms with Crippen molar-refractivity contribution in [2.24, 2.45) is 17.1 Å². The van der Waals surface area contributed by atoms with E-state index in [0.717, 1.165) is 18.4 Å². The van der Waals surface area contributed by atoms with Crippen molar-refractivity contribution in [3.8, 4) is 0 Å². The smallest absolute Gasteiger partial charge is 0.162 e. The fourth-order valence-electron chi connectivity index (χ4n) is 5.24. The van der Waals surface area contributed by atoms with Crippen molar-refractivity contribution in [2.75, 3.05) is 0 Å². The number of nitrogens with two attached hydrogens (primary N) is 1. The van der Waals surface area contributed by atoms with Crippen LogP contribution in [-0.4, -0.2) is 11.8 Å². The van der Waals surface area contributed by atoms with Crippen molar-refractivity contribution in [3.63, 3.8) is 0 Å². The molecule has 1 aromatic carbocycles. The molecule has 2 N–H and O–H groups in total. The molecule has 2 heteroatoms. The van der Waals surface area contributed by atoms with E-state index in [0.29, 0.717) is 29.7 Å². The summed E-state index contributed by atoms with van der Waals surface area (Å²) in [6.07, 6.45) is 7.73. The van der Waals surface area contributed by atoms with Crippen LogP contribution >= 0.6 is 0 Å². The molecule has 142 valence electrons. The van der Waals surface area contributed by atoms with Crippen molar-refractivity contribution in [1.29, 1.82) is 0 Å². The molecule has 2 nitrogen and oxygen atoms in total. The van der Waals surface area contributed by atoms with Gasteiger partial charge in [-0.3, -0.25) is 4.79 Å². The van der Waals surface area contributed by atoms with Gasteiger partial charge in [0.05, 0.1) is 0 Å². The van der Waals surface area contributed by atoms with Gasteiger partial charge in [0.1, 0.15) is 0 Å². The minimum atomic E-state index is 0.230. The van der Waals surface area contributed by atoms with E-state index in [9.17, 15) is 4.79 Å². The molecule has 3 rings (SSSR count). The third kappa shape index (κ3) is 3.67. The van der Waals surface area contributed by atoms with Crippen molar-refractivity contribution < 1.29 is 4.79 Å². The van der Waals surface area contributed by atoms with Gasteiger partial charge in [0, 0.05) is 18.0 Å². The highest BCUT2D eigenvalue weighted by Gasteiger charge is 2.39. The number of allylic oxidation sites excluding steroid dienone is 1. The predicted molar refractivity (Wildman–Crippen MR) is 109 cm³/mol. The lowest BCUT2D eigenvalue weighted by Gasteiger charge is -2.45. The summed E-state index contributed by atoms with van der Waals surface area (Å²) in [6, 6.07) is 8.72. The number of Topliss-reactive ketones (excluding diaryl/α,β-unsaturated/α-hetero) is 1. The third-order valence-electron chi connectivity index (χ3n) is 7.23. The van der Waals surface area contributed by atoms with E-state index in [1.54, 1.807) is 11.1 Å². The molecule has 2 aliphatic rings. The maximum absolute atomic E-state index is 11.9. The molecule has 0 aromatic heterocycles. The van der Waals surface area contributed by atoms with Crippen LogP contribution in [0, 0.1) is 11.3 Å². The van der Waals surface area contributed by atoms with Gasteiger partial charge in [-0.2, -0.15) is 0 Å². The fraction of sp³-hybridized carbons (Fsp3) is 0.625. The van der Waals surface area contributed by atoms with E-state index in [1.807, 2.05) is 19.1 Å². The van der Waals surface area contributed by atoms with Gasteiger partial charge in [-0.25, -0.2) is 0 Å². The first-order valence-corrected chi connectivity index (χ1v) is 10.5.